The van der Waals surface area contributed by atoms with Crippen LogP contribution in [-0.4, -0.2) is 34.7 Å². The molecule has 98 valence electrons. The van der Waals surface area contributed by atoms with Crippen molar-refractivity contribution in [1.82, 2.24) is 9.88 Å². The molecule has 4 heteroatoms. The van der Waals surface area contributed by atoms with Crippen LogP contribution in [0.25, 0.3) is 0 Å². The molecule has 1 heterocycles. The first-order valence-electron chi connectivity index (χ1n) is 6.43. The highest BCUT2D eigenvalue weighted by Crippen LogP contribution is 2.11. The minimum Gasteiger partial charge on any atom is -0.444 e. The molecule has 0 saturated carbocycles. The van der Waals surface area contributed by atoms with Crippen molar-refractivity contribution < 1.29 is 9.52 Å². The Balaban J connectivity index is 2.47. The predicted molar refractivity (Wildman–Crippen MR) is 67.9 cm³/mol. The highest BCUT2D eigenvalue weighted by atomic mass is 16.4. The normalized spacial score (nSPS) is 11.4. The first-order valence-corrected chi connectivity index (χ1v) is 6.43. The van der Waals surface area contributed by atoms with E-state index in [1.807, 2.05) is 13.8 Å². The second-order valence-corrected chi connectivity index (χ2v) is 4.46. The van der Waals surface area contributed by atoms with Crippen LogP contribution < -0.4 is 0 Å². The molecule has 1 N–H and O–H groups in total. The largest absolute Gasteiger partial charge is 0.444 e. The predicted octanol–water partition coefficient (Wildman–Crippen LogP) is 2.28. The number of unbranched alkanes of at least 4 members (excludes halogenated alkanes) is 2. The monoisotopic (exact) mass is 240 g/mol. The van der Waals surface area contributed by atoms with Crippen molar-refractivity contribution in [2.45, 2.75) is 46.6 Å². The highest BCUT2D eigenvalue weighted by molar-refractivity contribution is 5.05. The second kappa shape index (κ2) is 7.45. The van der Waals surface area contributed by atoms with Gasteiger partial charge in [0, 0.05) is 6.54 Å². The van der Waals surface area contributed by atoms with Gasteiger partial charge in [-0.3, -0.25) is 4.90 Å². The van der Waals surface area contributed by atoms with Crippen molar-refractivity contribution in [2.75, 3.05) is 19.7 Å². The minimum atomic E-state index is 0.185. The molecule has 1 aromatic heterocycles. The standard InChI is InChI=1S/C13H24N2O2/c1-4-5-6-7-15(8-9-16)10-13-14-11(2)12(3)17-13/h16H,4-10H2,1-3H3. The second-order valence-electron chi connectivity index (χ2n) is 4.46. The molecule has 0 aliphatic carbocycles. The van der Waals surface area contributed by atoms with Crippen molar-refractivity contribution in [1.29, 1.82) is 0 Å². The van der Waals surface area contributed by atoms with Gasteiger partial charge in [0.15, 0.2) is 0 Å². The number of aromatic nitrogens is 1. The van der Waals surface area contributed by atoms with E-state index in [0.29, 0.717) is 13.1 Å². The number of aliphatic hydroxyl groups excluding tert-OH is 1. The van der Waals surface area contributed by atoms with Crippen LogP contribution in [0.15, 0.2) is 4.42 Å². The lowest BCUT2D eigenvalue weighted by atomic mass is 10.2. The molecule has 17 heavy (non-hydrogen) atoms. The van der Waals surface area contributed by atoms with Crippen molar-refractivity contribution in [2.24, 2.45) is 0 Å². The third-order valence-corrected chi connectivity index (χ3v) is 2.93. The number of aliphatic hydroxyl groups is 1. The van der Waals surface area contributed by atoms with E-state index >= 15 is 0 Å². The fraction of sp³-hybridized carbons (Fsp3) is 0.769. The van der Waals surface area contributed by atoms with Crippen molar-refractivity contribution in [3.05, 3.63) is 17.3 Å². The van der Waals surface area contributed by atoms with E-state index in [2.05, 4.69) is 16.8 Å². The van der Waals surface area contributed by atoms with Gasteiger partial charge in [0.2, 0.25) is 5.89 Å². The van der Waals surface area contributed by atoms with Gasteiger partial charge in [0.1, 0.15) is 5.76 Å². The zero-order valence-corrected chi connectivity index (χ0v) is 11.2. The van der Waals surface area contributed by atoms with Gasteiger partial charge in [-0.05, 0) is 26.8 Å². The first-order chi connectivity index (χ1) is 8.17. The summed E-state index contributed by atoms with van der Waals surface area (Å²) in [5, 5.41) is 9.04. The quantitative estimate of drug-likeness (QED) is 0.708. The Morgan fingerprint density at radius 3 is 2.53 bits per heavy atom. The molecule has 0 fully saturated rings. The number of oxazole rings is 1. The van der Waals surface area contributed by atoms with Gasteiger partial charge in [-0.1, -0.05) is 19.8 Å². The Morgan fingerprint density at radius 2 is 2.00 bits per heavy atom. The van der Waals surface area contributed by atoms with Crippen molar-refractivity contribution >= 4 is 0 Å². The van der Waals surface area contributed by atoms with Crippen LogP contribution in [0, 0.1) is 13.8 Å². The van der Waals surface area contributed by atoms with Gasteiger partial charge in [0.25, 0.3) is 0 Å². The number of hydrogen-bond donors (Lipinski definition) is 1. The number of nitrogens with zero attached hydrogens (tertiary/aromatic N) is 2. The molecule has 0 atom stereocenters. The summed E-state index contributed by atoms with van der Waals surface area (Å²) in [5.74, 6) is 1.64. The Kier molecular flexibility index (Phi) is 6.22. The molecule has 0 aromatic carbocycles. The van der Waals surface area contributed by atoms with Gasteiger partial charge >= 0.3 is 0 Å². The summed E-state index contributed by atoms with van der Waals surface area (Å²) in [6, 6.07) is 0. The van der Waals surface area contributed by atoms with Crippen LogP contribution in [-0.2, 0) is 6.54 Å². The van der Waals surface area contributed by atoms with Crippen LogP contribution in [0.4, 0.5) is 0 Å². The van der Waals surface area contributed by atoms with E-state index in [0.717, 1.165) is 30.3 Å². The Hall–Kier alpha value is -0.870. The molecule has 0 aliphatic rings. The lowest BCUT2D eigenvalue weighted by molar-refractivity contribution is 0.175. The van der Waals surface area contributed by atoms with E-state index in [9.17, 15) is 0 Å². The summed E-state index contributed by atoms with van der Waals surface area (Å²) >= 11 is 0. The average Bonchev–Trinajstić information content (AvgIpc) is 2.58. The fourth-order valence-corrected chi connectivity index (χ4v) is 1.79. The maximum Gasteiger partial charge on any atom is 0.208 e. The van der Waals surface area contributed by atoms with Gasteiger partial charge in [-0.2, -0.15) is 0 Å². The Bertz CT molecular complexity index is 304. The number of aryl methyl sites for hydroxylation is 2. The van der Waals surface area contributed by atoms with Crippen LogP contribution in [0.1, 0.15) is 43.5 Å². The van der Waals surface area contributed by atoms with E-state index in [1.165, 1.54) is 12.8 Å². The van der Waals surface area contributed by atoms with Gasteiger partial charge in [0.05, 0.1) is 18.8 Å². The SMILES string of the molecule is CCCCCN(CCO)Cc1nc(C)c(C)o1. The summed E-state index contributed by atoms with van der Waals surface area (Å²) in [5.41, 5.74) is 0.956. The van der Waals surface area contributed by atoms with Gasteiger partial charge in [-0.25, -0.2) is 4.98 Å². The third-order valence-electron chi connectivity index (χ3n) is 2.93. The Morgan fingerprint density at radius 1 is 1.24 bits per heavy atom. The van der Waals surface area contributed by atoms with Gasteiger partial charge < -0.3 is 9.52 Å². The molecule has 0 aliphatic heterocycles. The average molecular weight is 240 g/mol. The van der Waals surface area contributed by atoms with Crippen molar-refractivity contribution in [3.8, 4) is 0 Å². The molecule has 0 amide bonds. The van der Waals surface area contributed by atoms with Crippen LogP contribution in [0.2, 0.25) is 0 Å². The zero-order valence-electron chi connectivity index (χ0n) is 11.2. The van der Waals surface area contributed by atoms with Crippen LogP contribution in [0.3, 0.4) is 0 Å². The summed E-state index contributed by atoms with van der Waals surface area (Å²) in [7, 11) is 0. The minimum absolute atomic E-state index is 0.185. The van der Waals surface area contributed by atoms with E-state index in [-0.39, 0.29) is 6.61 Å². The van der Waals surface area contributed by atoms with E-state index < -0.39 is 0 Å². The highest BCUT2D eigenvalue weighted by Gasteiger charge is 2.10. The number of rotatable bonds is 8. The lowest BCUT2D eigenvalue weighted by Gasteiger charge is -2.19. The first kappa shape index (κ1) is 14.2. The molecule has 0 saturated heterocycles. The summed E-state index contributed by atoms with van der Waals surface area (Å²) < 4.78 is 5.56. The van der Waals surface area contributed by atoms with Crippen molar-refractivity contribution in [3.63, 3.8) is 0 Å². The zero-order chi connectivity index (χ0) is 12.7. The Labute approximate surface area is 104 Å². The van der Waals surface area contributed by atoms with Gasteiger partial charge in [-0.15, -0.1) is 0 Å². The molecule has 0 bridgehead atoms. The molecule has 1 aromatic rings. The molecule has 4 nitrogen and oxygen atoms in total. The lowest BCUT2D eigenvalue weighted by Crippen LogP contribution is -2.27. The number of hydrogen-bond acceptors (Lipinski definition) is 4. The van der Waals surface area contributed by atoms with E-state index in [4.69, 9.17) is 9.52 Å². The summed E-state index contributed by atoms with van der Waals surface area (Å²) in [4.78, 5) is 6.57. The molecular weight excluding hydrogens is 216 g/mol. The molecule has 0 radical (unpaired) electrons. The van der Waals surface area contributed by atoms with Crippen LogP contribution >= 0.6 is 0 Å². The summed E-state index contributed by atoms with van der Waals surface area (Å²) in [6.45, 7) is 8.63. The topological polar surface area (TPSA) is 49.5 Å². The molecular formula is C13H24N2O2. The maximum atomic E-state index is 9.04. The maximum absolute atomic E-state index is 9.04. The molecule has 0 unspecified atom stereocenters. The summed E-state index contributed by atoms with van der Waals surface area (Å²) in [6.07, 6.45) is 3.60. The smallest absolute Gasteiger partial charge is 0.208 e. The molecule has 0 spiro atoms. The van der Waals surface area contributed by atoms with E-state index in [1.54, 1.807) is 0 Å². The fourth-order valence-electron chi connectivity index (χ4n) is 1.79. The van der Waals surface area contributed by atoms with Crippen LogP contribution in [0.5, 0.6) is 0 Å². The molecule has 1 rings (SSSR count). The third kappa shape index (κ3) is 4.88.